The van der Waals surface area contributed by atoms with Gasteiger partial charge in [0.1, 0.15) is 12.2 Å². The summed E-state index contributed by atoms with van der Waals surface area (Å²) in [7, 11) is 0. The van der Waals surface area contributed by atoms with Gasteiger partial charge in [0.25, 0.3) is 0 Å². The van der Waals surface area contributed by atoms with Crippen molar-refractivity contribution in [1.82, 2.24) is 19.7 Å². The first-order valence-corrected chi connectivity index (χ1v) is 6.48. The van der Waals surface area contributed by atoms with E-state index in [1.54, 1.807) is 6.33 Å². The summed E-state index contributed by atoms with van der Waals surface area (Å²) >= 11 is 0. The zero-order valence-corrected chi connectivity index (χ0v) is 11.1. The van der Waals surface area contributed by atoms with Crippen molar-refractivity contribution in [2.45, 2.75) is 25.8 Å². The maximum absolute atomic E-state index is 13.1. The van der Waals surface area contributed by atoms with Crippen LogP contribution < -0.4 is 5.73 Å². The molecule has 2 N–H and O–H groups in total. The third kappa shape index (κ3) is 2.85. The molecule has 0 radical (unpaired) electrons. The van der Waals surface area contributed by atoms with E-state index in [9.17, 15) is 13.2 Å². The van der Waals surface area contributed by atoms with Crippen LogP contribution in [0.1, 0.15) is 17.0 Å². The Morgan fingerprint density at radius 2 is 2.05 bits per heavy atom. The molecule has 1 aromatic carbocycles. The molecule has 5 nitrogen and oxygen atoms in total. The van der Waals surface area contributed by atoms with Gasteiger partial charge in [-0.05, 0) is 17.7 Å². The van der Waals surface area contributed by atoms with Gasteiger partial charge in [0.05, 0.1) is 12.1 Å². The SMILES string of the molecule is Nc1ccc(CN2CCn3cnnc3C2)c(C(F)(F)F)c1. The Labute approximate surface area is 119 Å². The molecule has 0 atom stereocenters. The number of nitrogens with zero attached hydrogens (tertiary/aromatic N) is 4. The molecule has 0 amide bonds. The number of rotatable bonds is 2. The van der Waals surface area contributed by atoms with E-state index < -0.39 is 11.7 Å². The molecular weight excluding hydrogens is 283 g/mol. The van der Waals surface area contributed by atoms with Gasteiger partial charge in [-0.3, -0.25) is 4.90 Å². The molecule has 21 heavy (non-hydrogen) atoms. The second-order valence-electron chi connectivity index (χ2n) is 5.07. The van der Waals surface area contributed by atoms with Crippen molar-refractivity contribution in [2.75, 3.05) is 12.3 Å². The van der Waals surface area contributed by atoms with Gasteiger partial charge in [-0.2, -0.15) is 13.2 Å². The van der Waals surface area contributed by atoms with Crippen molar-refractivity contribution in [3.63, 3.8) is 0 Å². The predicted octanol–water partition coefficient (Wildman–Crippen LogP) is 1.89. The second-order valence-corrected chi connectivity index (χ2v) is 5.07. The number of halogens is 3. The van der Waals surface area contributed by atoms with Crippen molar-refractivity contribution in [1.29, 1.82) is 0 Å². The number of alkyl halides is 3. The number of nitrogens with two attached hydrogens (primary N) is 1. The van der Waals surface area contributed by atoms with E-state index in [2.05, 4.69) is 10.2 Å². The molecule has 0 spiro atoms. The number of benzene rings is 1. The Balaban J connectivity index is 1.83. The molecule has 1 aliphatic rings. The topological polar surface area (TPSA) is 60.0 Å². The van der Waals surface area contributed by atoms with Gasteiger partial charge in [-0.25, -0.2) is 0 Å². The lowest BCUT2D eigenvalue weighted by Gasteiger charge is -2.28. The molecule has 8 heteroatoms. The molecule has 2 heterocycles. The van der Waals surface area contributed by atoms with Crippen LogP contribution in [0.15, 0.2) is 24.5 Å². The molecule has 3 rings (SSSR count). The third-order valence-corrected chi connectivity index (χ3v) is 3.55. The molecule has 0 saturated heterocycles. The van der Waals surface area contributed by atoms with Crippen molar-refractivity contribution >= 4 is 5.69 Å². The van der Waals surface area contributed by atoms with Crippen LogP contribution in [0.5, 0.6) is 0 Å². The molecule has 1 aromatic heterocycles. The molecule has 0 aliphatic carbocycles. The molecule has 0 fully saturated rings. The van der Waals surface area contributed by atoms with Gasteiger partial charge in [0.15, 0.2) is 0 Å². The first-order valence-electron chi connectivity index (χ1n) is 6.48. The number of hydrogen-bond donors (Lipinski definition) is 1. The Bertz CT molecular complexity index is 649. The standard InChI is InChI=1S/C13H14F3N5/c14-13(15,16)11-5-10(17)2-1-9(11)6-20-3-4-21-8-18-19-12(21)7-20/h1-2,5,8H,3-4,6-7,17H2. The quantitative estimate of drug-likeness (QED) is 0.860. The van der Waals surface area contributed by atoms with E-state index in [1.165, 1.54) is 12.1 Å². The highest BCUT2D eigenvalue weighted by Gasteiger charge is 2.34. The fourth-order valence-electron chi connectivity index (χ4n) is 2.49. The minimum absolute atomic E-state index is 0.115. The Kier molecular flexibility index (Phi) is 3.32. The van der Waals surface area contributed by atoms with Crippen LogP contribution >= 0.6 is 0 Å². The summed E-state index contributed by atoms with van der Waals surface area (Å²) in [4.78, 5) is 1.92. The lowest BCUT2D eigenvalue weighted by atomic mass is 10.1. The summed E-state index contributed by atoms with van der Waals surface area (Å²) in [6.45, 7) is 2.04. The van der Waals surface area contributed by atoms with Gasteiger partial charge in [-0.1, -0.05) is 6.07 Å². The zero-order valence-electron chi connectivity index (χ0n) is 11.1. The van der Waals surface area contributed by atoms with Crippen molar-refractivity contribution < 1.29 is 13.2 Å². The maximum atomic E-state index is 13.1. The molecule has 1 aliphatic heterocycles. The van der Waals surface area contributed by atoms with Crippen LogP contribution in [-0.4, -0.2) is 26.2 Å². The lowest BCUT2D eigenvalue weighted by molar-refractivity contribution is -0.138. The number of hydrogen-bond acceptors (Lipinski definition) is 4. The van der Waals surface area contributed by atoms with Crippen molar-refractivity contribution in [3.05, 3.63) is 41.5 Å². The lowest BCUT2D eigenvalue weighted by Crippen LogP contribution is -2.33. The molecule has 0 unspecified atom stereocenters. The van der Waals surface area contributed by atoms with Gasteiger partial charge in [0.2, 0.25) is 0 Å². The fraction of sp³-hybridized carbons (Fsp3) is 0.385. The maximum Gasteiger partial charge on any atom is 0.416 e. The third-order valence-electron chi connectivity index (χ3n) is 3.55. The summed E-state index contributed by atoms with van der Waals surface area (Å²) in [6.07, 6.45) is -2.77. The average molecular weight is 297 g/mol. The van der Waals surface area contributed by atoms with Crippen LogP contribution in [0.2, 0.25) is 0 Å². The summed E-state index contributed by atoms with van der Waals surface area (Å²) in [5, 5.41) is 7.77. The highest BCUT2D eigenvalue weighted by molar-refractivity contribution is 5.46. The van der Waals surface area contributed by atoms with E-state index in [0.717, 1.165) is 11.9 Å². The zero-order chi connectivity index (χ0) is 15.0. The number of aromatic nitrogens is 3. The van der Waals surface area contributed by atoms with Crippen LogP contribution in [0.25, 0.3) is 0 Å². The predicted molar refractivity (Wildman–Crippen MR) is 70.0 cm³/mol. The van der Waals surface area contributed by atoms with Crippen molar-refractivity contribution in [2.24, 2.45) is 0 Å². The van der Waals surface area contributed by atoms with E-state index in [0.29, 0.717) is 19.6 Å². The molecule has 112 valence electrons. The highest BCUT2D eigenvalue weighted by atomic mass is 19.4. The molecule has 0 bridgehead atoms. The van der Waals surface area contributed by atoms with E-state index in [-0.39, 0.29) is 17.8 Å². The van der Waals surface area contributed by atoms with Gasteiger partial charge in [-0.15, -0.1) is 10.2 Å². The largest absolute Gasteiger partial charge is 0.416 e. The number of anilines is 1. The monoisotopic (exact) mass is 297 g/mol. The van der Waals surface area contributed by atoms with Crippen LogP contribution in [0, 0.1) is 0 Å². The highest BCUT2D eigenvalue weighted by Crippen LogP contribution is 2.34. The normalized spacial score (nSPS) is 16.0. The Morgan fingerprint density at radius 3 is 2.81 bits per heavy atom. The number of fused-ring (bicyclic) bond motifs is 1. The van der Waals surface area contributed by atoms with Crippen LogP contribution in [0.4, 0.5) is 18.9 Å². The first kappa shape index (κ1) is 13.9. The second kappa shape index (κ2) is 5.03. The summed E-state index contributed by atoms with van der Waals surface area (Å²) < 4.78 is 41.1. The summed E-state index contributed by atoms with van der Waals surface area (Å²) in [5.41, 5.74) is 5.14. The first-order chi connectivity index (χ1) is 9.93. The minimum atomic E-state index is -4.40. The van der Waals surface area contributed by atoms with Gasteiger partial charge in [0, 0.05) is 25.3 Å². The van der Waals surface area contributed by atoms with Crippen molar-refractivity contribution in [3.8, 4) is 0 Å². The smallest absolute Gasteiger partial charge is 0.399 e. The molecule has 2 aromatic rings. The van der Waals surface area contributed by atoms with E-state index in [4.69, 9.17) is 5.73 Å². The Hall–Kier alpha value is -2.09. The summed E-state index contributed by atoms with van der Waals surface area (Å²) in [5.74, 6) is 0.769. The van der Waals surface area contributed by atoms with Gasteiger partial charge >= 0.3 is 6.18 Å². The fourth-order valence-corrected chi connectivity index (χ4v) is 2.49. The van der Waals surface area contributed by atoms with Crippen LogP contribution in [-0.2, 0) is 25.8 Å². The van der Waals surface area contributed by atoms with E-state index >= 15 is 0 Å². The number of nitrogen functional groups attached to an aromatic ring is 1. The molecular formula is C13H14F3N5. The minimum Gasteiger partial charge on any atom is -0.399 e. The molecule has 0 saturated carbocycles. The van der Waals surface area contributed by atoms with Gasteiger partial charge < -0.3 is 10.3 Å². The summed E-state index contributed by atoms with van der Waals surface area (Å²) in [6, 6.07) is 3.93. The average Bonchev–Trinajstić information content (AvgIpc) is 2.87. The Morgan fingerprint density at radius 1 is 1.24 bits per heavy atom. The van der Waals surface area contributed by atoms with Crippen LogP contribution in [0.3, 0.4) is 0 Å². The van der Waals surface area contributed by atoms with E-state index in [1.807, 2.05) is 9.47 Å².